The number of carbonyl (C=O) groups excluding carboxylic acids is 1. The Bertz CT molecular complexity index is 181. The normalized spacial score (nSPS) is 15.5. The minimum Gasteiger partial charge on any atom is -0.480 e. The van der Waals surface area contributed by atoms with Crippen LogP contribution in [0.1, 0.15) is 6.42 Å². The van der Waals surface area contributed by atoms with E-state index >= 15 is 0 Å². The van der Waals surface area contributed by atoms with Crippen LogP contribution in [0.2, 0.25) is 0 Å². The van der Waals surface area contributed by atoms with Crippen LogP contribution < -0.4 is 11.5 Å². The molecule has 0 aliphatic carbocycles. The molecule has 0 fully saturated rings. The molecule has 0 bridgehead atoms. The summed E-state index contributed by atoms with van der Waals surface area (Å²) >= 11 is 0. The van der Waals surface area contributed by atoms with Crippen molar-refractivity contribution in [2.45, 2.75) is 12.0 Å². The molecule has 0 aromatic rings. The minimum atomic E-state index is -1.94. The maximum atomic E-state index is 10.3. The van der Waals surface area contributed by atoms with Gasteiger partial charge in [0.25, 0.3) is 0 Å². The number of primary amides is 1. The smallest absolute Gasteiger partial charge is 0.326 e. The Morgan fingerprint density at radius 3 is 2.00 bits per heavy atom. The molecule has 1 unspecified atom stereocenters. The minimum absolute atomic E-state index is 0.571. The third-order valence-corrected chi connectivity index (χ3v) is 1.20. The van der Waals surface area contributed by atoms with Crippen molar-refractivity contribution in [3.8, 4) is 0 Å². The van der Waals surface area contributed by atoms with Gasteiger partial charge < -0.3 is 21.7 Å². The predicted octanol–water partition coefficient (Wildman–Crippen LogP) is -2.36. The fourth-order valence-corrected chi connectivity index (χ4v) is 0.510. The monoisotopic (exact) mass is 162 g/mol. The summed E-state index contributed by atoms with van der Waals surface area (Å²) in [6, 6.07) is 0. The summed E-state index contributed by atoms with van der Waals surface area (Å²) in [5.74, 6) is -2.30. The second kappa shape index (κ2) is 3.31. The molecule has 0 saturated carbocycles. The van der Waals surface area contributed by atoms with Crippen LogP contribution in [0.25, 0.3) is 0 Å². The molecule has 11 heavy (non-hydrogen) atoms. The number of carboxylic acid groups (broad SMARTS) is 1. The number of aliphatic carboxylic acids is 1. The number of carboxylic acids is 1. The van der Waals surface area contributed by atoms with Crippen LogP contribution in [-0.2, 0) is 9.59 Å². The lowest BCUT2D eigenvalue weighted by atomic mass is 9.98. The van der Waals surface area contributed by atoms with Gasteiger partial charge in [-0.05, 0) is 0 Å². The lowest BCUT2D eigenvalue weighted by Gasteiger charge is -2.19. The second-order valence-electron chi connectivity index (χ2n) is 2.26. The molecule has 0 saturated heterocycles. The fraction of sp³-hybridized carbons (Fsp3) is 0.600. The maximum Gasteiger partial charge on any atom is 0.326 e. The zero-order valence-electron chi connectivity index (χ0n) is 5.78. The van der Waals surface area contributed by atoms with E-state index in [0.717, 1.165) is 0 Å². The zero-order valence-corrected chi connectivity index (χ0v) is 5.78. The molecule has 0 aromatic carbocycles. The lowest BCUT2D eigenvalue weighted by molar-refractivity contribution is -0.147. The summed E-state index contributed by atoms with van der Waals surface area (Å²) in [4.78, 5) is 20.5. The average molecular weight is 162 g/mol. The van der Waals surface area contributed by atoms with Crippen molar-refractivity contribution in [3.63, 3.8) is 0 Å². The predicted molar refractivity (Wildman–Crippen MR) is 35.5 cm³/mol. The van der Waals surface area contributed by atoms with Crippen molar-refractivity contribution in [2.75, 3.05) is 6.61 Å². The number of carbonyl (C=O) groups is 2. The Balaban J connectivity index is 4.34. The maximum absolute atomic E-state index is 10.3. The highest BCUT2D eigenvalue weighted by molar-refractivity contribution is 5.86. The van der Waals surface area contributed by atoms with Crippen molar-refractivity contribution >= 4 is 11.9 Å². The SMILES string of the molecule is NC(=O)CC(N)(CO)C(=O)O. The molecule has 0 radical (unpaired) electrons. The molecule has 0 aliphatic rings. The number of aliphatic hydroxyl groups excluding tert-OH is 1. The van der Waals surface area contributed by atoms with Crippen molar-refractivity contribution in [1.29, 1.82) is 0 Å². The van der Waals surface area contributed by atoms with Gasteiger partial charge in [-0.1, -0.05) is 0 Å². The van der Waals surface area contributed by atoms with Gasteiger partial charge in [-0.15, -0.1) is 0 Å². The summed E-state index contributed by atoms with van der Waals surface area (Å²) in [5, 5.41) is 16.9. The van der Waals surface area contributed by atoms with E-state index in [2.05, 4.69) is 0 Å². The summed E-state index contributed by atoms with van der Waals surface area (Å²) in [7, 11) is 0. The van der Waals surface area contributed by atoms with Gasteiger partial charge in [-0.2, -0.15) is 0 Å². The standard InChI is InChI=1S/C5H10N2O4/c6-3(9)1-5(7,2-8)4(10)11/h8H,1-2,7H2,(H2,6,9)(H,10,11). The molecule has 6 nitrogen and oxygen atoms in total. The second-order valence-corrected chi connectivity index (χ2v) is 2.26. The summed E-state index contributed by atoms with van der Waals surface area (Å²) in [6.45, 7) is -0.814. The fourth-order valence-electron chi connectivity index (χ4n) is 0.510. The van der Waals surface area contributed by atoms with Crippen LogP contribution in [-0.4, -0.2) is 34.2 Å². The first-order valence-corrected chi connectivity index (χ1v) is 2.84. The van der Waals surface area contributed by atoms with E-state index in [1.54, 1.807) is 0 Å². The van der Waals surface area contributed by atoms with Crippen LogP contribution in [0.3, 0.4) is 0 Å². The zero-order chi connectivity index (χ0) is 9.07. The highest BCUT2D eigenvalue weighted by Crippen LogP contribution is 2.04. The number of amides is 1. The number of aliphatic hydroxyl groups is 1. The molecule has 0 heterocycles. The van der Waals surface area contributed by atoms with Gasteiger partial charge in [0.1, 0.15) is 5.54 Å². The molecular formula is C5H10N2O4. The van der Waals surface area contributed by atoms with Gasteiger partial charge >= 0.3 is 5.97 Å². The first kappa shape index (κ1) is 9.86. The third-order valence-electron chi connectivity index (χ3n) is 1.20. The summed E-state index contributed by atoms with van der Waals surface area (Å²) < 4.78 is 0. The third kappa shape index (κ3) is 2.52. The van der Waals surface area contributed by atoms with Crippen LogP contribution in [0.5, 0.6) is 0 Å². The Morgan fingerprint density at radius 1 is 1.45 bits per heavy atom. The van der Waals surface area contributed by atoms with Crippen molar-refractivity contribution < 1.29 is 19.8 Å². The number of nitrogens with two attached hydrogens (primary N) is 2. The van der Waals surface area contributed by atoms with Gasteiger partial charge in [0, 0.05) is 0 Å². The van der Waals surface area contributed by atoms with Gasteiger partial charge in [0.2, 0.25) is 5.91 Å². The Kier molecular flexibility index (Phi) is 2.97. The highest BCUT2D eigenvalue weighted by atomic mass is 16.4. The van der Waals surface area contributed by atoms with Crippen molar-refractivity contribution in [3.05, 3.63) is 0 Å². The number of hydrogen-bond donors (Lipinski definition) is 4. The van der Waals surface area contributed by atoms with E-state index in [-0.39, 0.29) is 0 Å². The molecule has 1 amide bonds. The number of rotatable bonds is 4. The molecular weight excluding hydrogens is 152 g/mol. The molecule has 6 N–H and O–H groups in total. The Morgan fingerprint density at radius 2 is 1.91 bits per heavy atom. The molecule has 6 heteroatoms. The molecule has 1 atom stereocenters. The molecule has 64 valence electrons. The molecule has 0 aromatic heterocycles. The van der Waals surface area contributed by atoms with E-state index in [9.17, 15) is 9.59 Å². The van der Waals surface area contributed by atoms with Crippen LogP contribution in [0.4, 0.5) is 0 Å². The van der Waals surface area contributed by atoms with Gasteiger partial charge in [-0.25, -0.2) is 0 Å². The van der Waals surface area contributed by atoms with Gasteiger partial charge in [0.15, 0.2) is 0 Å². The highest BCUT2D eigenvalue weighted by Gasteiger charge is 2.34. The Labute approximate surface area is 62.8 Å². The lowest BCUT2D eigenvalue weighted by Crippen LogP contribution is -2.53. The van der Waals surface area contributed by atoms with E-state index in [0.29, 0.717) is 0 Å². The first-order chi connectivity index (χ1) is 4.92. The van der Waals surface area contributed by atoms with E-state index in [1.807, 2.05) is 0 Å². The first-order valence-electron chi connectivity index (χ1n) is 2.84. The van der Waals surface area contributed by atoms with E-state index < -0.39 is 30.4 Å². The molecule has 0 rings (SSSR count). The van der Waals surface area contributed by atoms with Crippen molar-refractivity contribution in [2.24, 2.45) is 11.5 Å². The van der Waals surface area contributed by atoms with Gasteiger partial charge in [0.05, 0.1) is 13.0 Å². The molecule has 0 spiro atoms. The largest absolute Gasteiger partial charge is 0.480 e. The van der Waals surface area contributed by atoms with Crippen LogP contribution in [0, 0.1) is 0 Å². The van der Waals surface area contributed by atoms with Crippen molar-refractivity contribution in [1.82, 2.24) is 0 Å². The van der Waals surface area contributed by atoms with Crippen LogP contribution >= 0.6 is 0 Å². The molecule has 0 aliphatic heterocycles. The quantitative estimate of drug-likeness (QED) is 0.367. The topological polar surface area (TPSA) is 127 Å². The van der Waals surface area contributed by atoms with Crippen LogP contribution in [0.15, 0.2) is 0 Å². The van der Waals surface area contributed by atoms with E-state index in [4.69, 9.17) is 21.7 Å². The van der Waals surface area contributed by atoms with Gasteiger partial charge in [-0.3, -0.25) is 9.59 Å². The van der Waals surface area contributed by atoms with E-state index in [1.165, 1.54) is 0 Å². The average Bonchev–Trinajstić information content (AvgIpc) is 1.86. The summed E-state index contributed by atoms with van der Waals surface area (Å²) in [5.41, 5.74) is 7.85. The summed E-state index contributed by atoms with van der Waals surface area (Å²) in [6.07, 6.45) is -0.571. The number of hydrogen-bond acceptors (Lipinski definition) is 4. The Hall–Kier alpha value is -1.14.